The van der Waals surface area contributed by atoms with Gasteiger partial charge in [-0.15, -0.1) is 0 Å². The summed E-state index contributed by atoms with van der Waals surface area (Å²) in [5.74, 6) is 0. The third-order valence-electron chi connectivity index (χ3n) is 2.75. The Hall–Kier alpha value is -1.92. The van der Waals surface area contributed by atoms with Crippen molar-refractivity contribution in [2.24, 2.45) is 0 Å². The van der Waals surface area contributed by atoms with E-state index in [0.717, 1.165) is 13.8 Å². The van der Waals surface area contributed by atoms with Crippen LogP contribution < -0.4 is 0 Å². The van der Waals surface area contributed by atoms with Crippen LogP contribution in [-0.2, 0) is 10.2 Å². The van der Waals surface area contributed by atoms with Gasteiger partial charge in [-0.1, -0.05) is 30.3 Å². The average molecular weight is 278 g/mol. The summed E-state index contributed by atoms with van der Waals surface area (Å²) in [4.78, 5) is 11.0. The number of aromatic nitrogens is 1. The van der Waals surface area contributed by atoms with E-state index in [4.69, 9.17) is 0 Å². The molecule has 0 aliphatic rings. The lowest BCUT2D eigenvalue weighted by atomic mass is 10.1. The van der Waals surface area contributed by atoms with Crippen molar-refractivity contribution in [1.29, 1.82) is 0 Å². The Balaban J connectivity index is 2.60. The van der Waals surface area contributed by atoms with Crippen LogP contribution in [0.2, 0.25) is 0 Å². The van der Waals surface area contributed by atoms with Crippen molar-refractivity contribution in [2.45, 2.75) is 0 Å². The summed E-state index contributed by atoms with van der Waals surface area (Å²) in [6.07, 6.45) is 1.99. The van der Waals surface area contributed by atoms with E-state index in [0.29, 0.717) is 11.8 Å². The van der Waals surface area contributed by atoms with E-state index in [9.17, 15) is 13.2 Å². The Morgan fingerprint density at radius 2 is 1.74 bits per heavy atom. The molecule has 6 heteroatoms. The minimum atomic E-state index is -3.69. The standard InChI is InChI=1S/C13H14N2O3S/c1-14(2)19(17,18)15-9-12(8-13(15)10-16)11-6-4-3-5-7-11/h3-10H,1-2H3. The molecule has 0 aliphatic heterocycles. The van der Waals surface area contributed by atoms with E-state index in [1.54, 1.807) is 6.07 Å². The van der Waals surface area contributed by atoms with Gasteiger partial charge >= 0.3 is 10.2 Å². The lowest BCUT2D eigenvalue weighted by molar-refractivity contribution is 0.111. The zero-order valence-corrected chi connectivity index (χ0v) is 11.5. The summed E-state index contributed by atoms with van der Waals surface area (Å²) in [7, 11) is -0.843. The molecule has 0 radical (unpaired) electrons. The summed E-state index contributed by atoms with van der Waals surface area (Å²) in [6.45, 7) is 0. The lowest BCUT2D eigenvalue weighted by Gasteiger charge is -2.13. The molecule has 0 atom stereocenters. The average Bonchev–Trinajstić information content (AvgIpc) is 2.84. The van der Waals surface area contributed by atoms with E-state index < -0.39 is 10.2 Å². The molecule has 1 aromatic heterocycles. The minimum absolute atomic E-state index is 0.104. The van der Waals surface area contributed by atoms with Crippen LogP contribution in [0.3, 0.4) is 0 Å². The molecule has 0 amide bonds. The van der Waals surface area contributed by atoms with Gasteiger partial charge in [-0.2, -0.15) is 12.7 Å². The first-order valence-electron chi connectivity index (χ1n) is 5.63. The molecule has 2 aromatic rings. The maximum Gasteiger partial charge on any atom is 0.307 e. The number of hydrogen-bond donors (Lipinski definition) is 0. The maximum absolute atomic E-state index is 12.1. The Bertz CT molecular complexity index is 688. The second kappa shape index (κ2) is 4.99. The second-order valence-corrected chi connectivity index (χ2v) is 6.24. The van der Waals surface area contributed by atoms with Crippen LogP contribution in [0.5, 0.6) is 0 Å². The maximum atomic E-state index is 12.1. The Labute approximate surface area is 112 Å². The number of hydrogen-bond acceptors (Lipinski definition) is 3. The molecule has 0 saturated heterocycles. The van der Waals surface area contributed by atoms with Gasteiger partial charge in [-0.3, -0.25) is 4.79 Å². The molecule has 0 unspecified atom stereocenters. The third-order valence-corrected chi connectivity index (χ3v) is 4.49. The molecule has 0 saturated carbocycles. The van der Waals surface area contributed by atoms with Gasteiger partial charge in [0.15, 0.2) is 6.29 Å². The monoisotopic (exact) mass is 278 g/mol. The third kappa shape index (κ3) is 2.45. The van der Waals surface area contributed by atoms with Gasteiger partial charge < -0.3 is 0 Å². The summed E-state index contributed by atoms with van der Waals surface area (Å²) < 4.78 is 26.2. The van der Waals surface area contributed by atoms with Crippen LogP contribution in [-0.4, -0.2) is 37.1 Å². The van der Waals surface area contributed by atoms with Crippen LogP contribution in [0, 0.1) is 0 Å². The topological polar surface area (TPSA) is 59.4 Å². The van der Waals surface area contributed by atoms with Gasteiger partial charge in [-0.05, 0) is 11.6 Å². The highest BCUT2D eigenvalue weighted by atomic mass is 32.2. The SMILES string of the molecule is CN(C)S(=O)(=O)n1cc(-c2ccccc2)cc1C=O. The van der Waals surface area contributed by atoms with Crippen molar-refractivity contribution in [3.63, 3.8) is 0 Å². The lowest BCUT2D eigenvalue weighted by Crippen LogP contribution is -2.29. The van der Waals surface area contributed by atoms with Crippen LogP contribution in [0.15, 0.2) is 42.6 Å². The molecular formula is C13H14N2O3S. The molecule has 0 N–H and O–H groups in total. The number of nitrogens with zero attached hydrogens (tertiary/aromatic N) is 2. The summed E-state index contributed by atoms with van der Waals surface area (Å²) in [5.41, 5.74) is 1.65. The second-order valence-electron chi connectivity index (χ2n) is 4.22. The molecule has 0 bridgehead atoms. The van der Waals surface area contributed by atoms with Crippen molar-refractivity contribution in [1.82, 2.24) is 8.28 Å². The first kappa shape index (κ1) is 13.5. The van der Waals surface area contributed by atoms with Crippen LogP contribution in [0.25, 0.3) is 11.1 Å². The minimum Gasteiger partial charge on any atom is -0.296 e. The number of aldehydes is 1. The number of carbonyl (C=O) groups excluding carboxylic acids is 1. The zero-order valence-electron chi connectivity index (χ0n) is 10.6. The number of benzene rings is 1. The first-order chi connectivity index (χ1) is 8.96. The normalized spacial score (nSPS) is 11.7. The predicted octanol–water partition coefficient (Wildman–Crippen LogP) is 1.62. The van der Waals surface area contributed by atoms with Gasteiger partial charge in [0.05, 0.1) is 5.69 Å². The van der Waals surface area contributed by atoms with Crippen LogP contribution in [0.4, 0.5) is 0 Å². The fraction of sp³-hybridized carbons (Fsp3) is 0.154. The number of rotatable bonds is 4. The molecule has 0 aliphatic carbocycles. The molecule has 100 valence electrons. The van der Waals surface area contributed by atoms with Gasteiger partial charge in [0.2, 0.25) is 0 Å². The highest BCUT2D eigenvalue weighted by Crippen LogP contribution is 2.22. The molecular weight excluding hydrogens is 264 g/mol. The van der Waals surface area contributed by atoms with E-state index in [-0.39, 0.29) is 5.69 Å². The van der Waals surface area contributed by atoms with E-state index in [1.807, 2.05) is 30.3 Å². The molecule has 0 fully saturated rings. The van der Waals surface area contributed by atoms with Crippen molar-refractivity contribution < 1.29 is 13.2 Å². The highest BCUT2D eigenvalue weighted by molar-refractivity contribution is 7.87. The van der Waals surface area contributed by atoms with Crippen molar-refractivity contribution in [3.8, 4) is 11.1 Å². The van der Waals surface area contributed by atoms with Crippen molar-refractivity contribution in [3.05, 3.63) is 48.3 Å². The Kier molecular flexibility index (Phi) is 3.55. The molecule has 19 heavy (non-hydrogen) atoms. The Morgan fingerprint density at radius 3 is 2.26 bits per heavy atom. The van der Waals surface area contributed by atoms with Crippen molar-refractivity contribution >= 4 is 16.5 Å². The van der Waals surface area contributed by atoms with Crippen LogP contribution in [0.1, 0.15) is 10.5 Å². The molecule has 2 rings (SSSR count). The highest BCUT2D eigenvalue weighted by Gasteiger charge is 2.20. The predicted molar refractivity (Wildman–Crippen MR) is 73.3 cm³/mol. The summed E-state index contributed by atoms with van der Waals surface area (Å²) >= 11 is 0. The van der Waals surface area contributed by atoms with Gasteiger partial charge in [-0.25, -0.2) is 3.97 Å². The molecule has 0 spiro atoms. The number of carbonyl (C=O) groups is 1. The first-order valence-corrected chi connectivity index (χ1v) is 7.02. The van der Waals surface area contributed by atoms with Gasteiger partial charge in [0.1, 0.15) is 0 Å². The fourth-order valence-corrected chi connectivity index (χ4v) is 2.67. The fourth-order valence-electron chi connectivity index (χ4n) is 1.71. The van der Waals surface area contributed by atoms with E-state index in [1.165, 1.54) is 20.3 Å². The molecule has 1 aromatic carbocycles. The zero-order chi connectivity index (χ0) is 14.0. The summed E-state index contributed by atoms with van der Waals surface area (Å²) in [6, 6.07) is 10.9. The van der Waals surface area contributed by atoms with Gasteiger partial charge in [0, 0.05) is 25.9 Å². The quantitative estimate of drug-likeness (QED) is 0.799. The smallest absolute Gasteiger partial charge is 0.296 e. The Morgan fingerprint density at radius 1 is 1.11 bits per heavy atom. The van der Waals surface area contributed by atoms with E-state index >= 15 is 0 Å². The van der Waals surface area contributed by atoms with Gasteiger partial charge in [0.25, 0.3) is 0 Å². The van der Waals surface area contributed by atoms with Crippen molar-refractivity contribution in [2.75, 3.05) is 14.1 Å². The molecule has 5 nitrogen and oxygen atoms in total. The summed E-state index contributed by atoms with van der Waals surface area (Å²) in [5, 5.41) is 0. The molecule has 1 heterocycles. The van der Waals surface area contributed by atoms with E-state index in [2.05, 4.69) is 0 Å². The largest absolute Gasteiger partial charge is 0.307 e. The van der Waals surface area contributed by atoms with Crippen LogP contribution >= 0.6 is 0 Å².